The summed E-state index contributed by atoms with van der Waals surface area (Å²) in [7, 11) is 5.05. The molecule has 170 valence electrons. The minimum absolute atomic E-state index is 0.104. The Morgan fingerprint density at radius 3 is 2.61 bits per heavy atom. The molecule has 4 atom stereocenters. The van der Waals surface area contributed by atoms with Crippen LogP contribution in [0.4, 0.5) is 10.5 Å². The second-order valence-corrected chi connectivity index (χ2v) is 8.66. The molecule has 0 spiro atoms. The summed E-state index contributed by atoms with van der Waals surface area (Å²) in [6, 6.07) is 5.14. The predicted molar refractivity (Wildman–Crippen MR) is 117 cm³/mol. The van der Waals surface area contributed by atoms with E-state index in [0.717, 1.165) is 37.4 Å². The third-order valence-electron chi connectivity index (χ3n) is 6.52. The number of fused-ring (bicyclic) bond motifs is 3. The van der Waals surface area contributed by atoms with E-state index in [1.54, 1.807) is 26.2 Å². The first kappa shape index (κ1) is 21.7. The van der Waals surface area contributed by atoms with E-state index in [2.05, 4.69) is 29.0 Å². The number of benzene rings is 1. The van der Waals surface area contributed by atoms with Crippen LogP contribution in [0.15, 0.2) is 18.2 Å². The molecule has 31 heavy (non-hydrogen) atoms. The number of amides is 3. The Hall–Kier alpha value is -2.52. The van der Waals surface area contributed by atoms with Crippen molar-refractivity contribution in [1.82, 2.24) is 20.0 Å². The number of ether oxygens (including phenoxy) is 2. The Morgan fingerprint density at radius 2 is 1.94 bits per heavy atom. The highest BCUT2D eigenvalue weighted by molar-refractivity contribution is 6.00. The van der Waals surface area contributed by atoms with E-state index < -0.39 is 6.04 Å². The lowest BCUT2D eigenvalue weighted by molar-refractivity contribution is -0.138. The van der Waals surface area contributed by atoms with Crippen molar-refractivity contribution in [2.75, 3.05) is 45.8 Å². The van der Waals surface area contributed by atoms with Gasteiger partial charge in [-0.1, -0.05) is 20.3 Å². The van der Waals surface area contributed by atoms with E-state index in [4.69, 9.17) is 9.47 Å². The van der Waals surface area contributed by atoms with Crippen molar-refractivity contribution in [3.05, 3.63) is 18.2 Å². The van der Waals surface area contributed by atoms with E-state index in [-0.39, 0.29) is 24.4 Å². The van der Waals surface area contributed by atoms with Crippen molar-refractivity contribution in [1.29, 1.82) is 0 Å². The minimum Gasteiger partial charge on any atom is -0.497 e. The molecule has 3 aliphatic rings. The summed E-state index contributed by atoms with van der Waals surface area (Å²) in [4.78, 5) is 33.8. The molecule has 0 aliphatic carbocycles. The largest absolute Gasteiger partial charge is 0.497 e. The average Bonchev–Trinajstić information content (AvgIpc) is 3.16. The van der Waals surface area contributed by atoms with E-state index in [9.17, 15) is 9.59 Å². The normalized spacial score (nSPS) is 28.6. The monoisotopic (exact) mass is 431 g/mol. The molecule has 3 amide bonds. The van der Waals surface area contributed by atoms with Gasteiger partial charge in [-0.3, -0.25) is 19.9 Å². The molecule has 4 rings (SSSR count). The van der Waals surface area contributed by atoms with Crippen LogP contribution in [-0.2, 0) is 4.79 Å². The highest BCUT2D eigenvalue weighted by atomic mass is 16.5. The van der Waals surface area contributed by atoms with Gasteiger partial charge >= 0.3 is 6.03 Å². The fourth-order valence-electron chi connectivity index (χ4n) is 4.95. The molecule has 0 aromatic heterocycles. The molecular formula is C22H33N5O4. The van der Waals surface area contributed by atoms with Crippen LogP contribution in [0.2, 0.25) is 0 Å². The zero-order valence-electron chi connectivity index (χ0n) is 19.0. The number of rotatable bonds is 6. The minimum atomic E-state index is -0.404. The van der Waals surface area contributed by atoms with Crippen molar-refractivity contribution in [2.24, 2.45) is 5.92 Å². The molecule has 0 saturated carbocycles. The summed E-state index contributed by atoms with van der Waals surface area (Å²) >= 11 is 0. The first-order chi connectivity index (χ1) is 14.9. The van der Waals surface area contributed by atoms with Gasteiger partial charge in [-0.2, -0.15) is 0 Å². The molecule has 3 heterocycles. The molecule has 9 heteroatoms. The van der Waals surface area contributed by atoms with E-state index in [1.807, 2.05) is 18.2 Å². The third-order valence-corrected chi connectivity index (χ3v) is 6.52. The van der Waals surface area contributed by atoms with Gasteiger partial charge in [-0.05, 0) is 24.5 Å². The number of unbranched alkanes of at least 4 members (excludes halogenated alkanes) is 1. The molecule has 0 bridgehead atoms. The number of methoxy groups -OCH3 is 2. The maximum absolute atomic E-state index is 13.4. The maximum Gasteiger partial charge on any atom is 0.327 e. The van der Waals surface area contributed by atoms with Gasteiger partial charge in [0, 0.05) is 32.7 Å². The average molecular weight is 432 g/mol. The van der Waals surface area contributed by atoms with Crippen molar-refractivity contribution in [2.45, 2.75) is 45.2 Å². The summed E-state index contributed by atoms with van der Waals surface area (Å²) in [5, 5.41) is 3.55. The van der Waals surface area contributed by atoms with Gasteiger partial charge in [0.15, 0.2) is 0 Å². The van der Waals surface area contributed by atoms with Gasteiger partial charge in [-0.15, -0.1) is 0 Å². The summed E-state index contributed by atoms with van der Waals surface area (Å²) in [5.41, 5.74) is 0.931. The number of imide groups is 1. The van der Waals surface area contributed by atoms with Crippen molar-refractivity contribution in [3.63, 3.8) is 0 Å². The number of anilines is 1. The number of carbonyl (C=O) groups excluding carboxylic acids is 2. The van der Waals surface area contributed by atoms with Crippen LogP contribution >= 0.6 is 0 Å². The Bertz CT molecular complexity index is 849. The number of likely N-dealkylation sites (N-methyl/N-ethyl adjacent to an activating group) is 1. The Kier molecular flexibility index (Phi) is 5.98. The van der Waals surface area contributed by atoms with Gasteiger partial charge in [0.1, 0.15) is 30.0 Å². The zero-order valence-corrected chi connectivity index (χ0v) is 19.0. The van der Waals surface area contributed by atoms with E-state index in [0.29, 0.717) is 18.2 Å². The summed E-state index contributed by atoms with van der Waals surface area (Å²) in [5.74, 6) is 1.67. The molecular weight excluding hydrogens is 398 g/mol. The Labute approximate surface area is 183 Å². The molecule has 1 aromatic rings. The highest BCUT2D eigenvalue weighted by Crippen LogP contribution is 2.39. The lowest BCUT2D eigenvalue weighted by atomic mass is 10.0. The van der Waals surface area contributed by atoms with Crippen molar-refractivity contribution >= 4 is 17.6 Å². The maximum atomic E-state index is 13.4. The van der Waals surface area contributed by atoms with Crippen molar-refractivity contribution < 1.29 is 19.1 Å². The van der Waals surface area contributed by atoms with Gasteiger partial charge in [0.25, 0.3) is 5.91 Å². The molecule has 3 aliphatic heterocycles. The van der Waals surface area contributed by atoms with Crippen LogP contribution in [0.5, 0.6) is 11.5 Å². The summed E-state index contributed by atoms with van der Waals surface area (Å²) in [6.45, 7) is 6.30. The van der Waals surface area contributed by atoms with Crippen LogP contribution in [0.25, 0.3) is 0 Å². The van der Waals surface area contributed by atoms with Crippen molar-refractivity contribution in [3.8, 4) is 11.5 Å². The molecule has 4 unspecified atom stereocenters. The van der Waals surface area contributed by atoms with Crippen LogP contribution < -0.4 is 19.7 Å². The topological polar surface area (TPSA) is 77.6 Å². The van der Waals surface area contributed by atoms with Gasteiger partial charge < -0.3 is 19.3 Å². The number of urea groups is 1. The Morgan fingerprint density at radius 1 is 1.16 bits per heavy atom. The lowest BCUT2D eigenvalue weighted by Gasteiger charge is -2.46. The quantitative estimate of drug-likeness (QED) is 0.735. The highest BCUT2D eigenvalue weighted by Gasteiger charge is 2.56. The second kappa shape index (κ2) is 8.55. The summed E-state index contributed by atoms with van der Waals surface area (Å²) < 4.78 is 11.0. The molecule has 1 aromatic carbocycles. The van der Waals surface area contributed by atoms with Crippen LogP contribution in [0, 0.1) is 5.92 Å². The standard InChI is InChI=1S/C22H33N5O4/c1-6-7-10-25-20(28)18-19(24(3)22(25)29)23-21-26(12-14(2)13-27(18)21)16-9-8-15(30-4)11-17(16)31-5/h8-9,11,14,18-19,21,23H,6-7,10,12-13H2,1-5H3. The number of hydrogen-bond donors (Lipinski definition) is 1. The van der Waals surface area contributed by atoms with Gasteiger partial charge in [0.05, 0.1) is 19.9 Å². The van der Waals surface area contributed by atoms with Gasteiger partial charge in [0.2, 0.25) is 0 Å². The Balaban J connectivity index is 1.68. The van der Waals surface area contributed by atoms with E-state index >= 15 is 0 Å². The zero-order chi connectivity index (χ0) is 22.3. The van der Waals surface area contributed by atoms with Gasteiger partial charge in [-0.25, -0.2) is 4.79 Å². The fraction of sp³-hybridized carbons (Fsp3) is 0.636. The number of hydrogen-bond acceptors (Lipinski definition) is 7. The lowest BCUT2D eigenvalue weighted by Crippen LogP contribution is -2.66. The smallest absolute Gasteiger partial charge is 0.327 e. The molecule has 1 N–H and O–H groups in total. The van der Waals surface area contributed by atoms with Crippen LogP contribution in [0.1, 0.15) is 26.7 Å². The SMILES string of the molecule is CCCCN1C(=O)C2C(NC3N(c4ccc(OC)cc4OC)CC(C)CN23)N(C)C1=O. The summed E-state index contributed by atoms with van der Waals surface area (Å²) in [6.07, 6.45) is 1.17. The predicted octanol–water partition coefficient (Wildman–Crippen LogP) is 1.74. The number of nitrogens with zero attached hydrogens (tertiary/aromatic N) is 4. The first-order valence-corrected chi connectivity index (χ1v) is 11.0. The first-order valence-electron chi connectivity index (χ1n) is 11.0. The number of nitrogens with one attached hydrogen (secondary N) is 1. The van der Waals surface area contributed by atoms with Crippen LogP contribution in [0.3, 0.4) is 0 Å². The third kappa shape index (κ3) is 3.59. The molecule has 0 radical (unpaired) electrons. The number of carbonyl (C=O) groups is 2. The molecule has 9 nitrogen and oxygen atoms in total. The second-order valence-electron chi connectivity index (χ2n) is 8.66. The van der Waals surface area contributed by atoms with Crippen LogP contribution in [-0.4, -0.2) is 86.0 Å². The molecule has 3 fully saturated rings. The fourth-order valence-corrected chi connectivity index (χ4v) is 4.95. The molecule has 3 saturated heterocycles. The van der Waals surface area contributed by atoms with E-state index in [1.165, 1.54) is 4.90 Å².